The summed E-state index contributed by atoms with van der Waals surface area (Å²) in [6.45, 7) is 14.5. The number of nitrogens with one attached hydrogen (secondary N) is 1. The second-order valence-corrected chi connectivity index (χ2v) is 15.5. The molecule has 2 amide bonds. The fourth-order valence-electron chi connectivity index (χ4n) is 7.91. The summed E-state index contributed by atoms with van der Waals surface area (Å²) < 4.78 is 17.8. The second kappa shape index (κ2) is 14.3. The number of anilines is 2. The standard InChI is InChI=1S/C40H51N5O6/c1-26-24-43(30-21-32(22-30)50-31-15-17-42(18-16-31)39(48)51-40(3,4)5)19-20-44(26)29-11-12-33-34(23-29)27(2)45(38(33)47)35-13-14-36(41-37(35)46)49-25-28-9-7-6-8-10-28/h6-14,23,26-27,30-32H,15-22,24-25H2,1-5H3,(H,41,46)/t26-,27+,30-,32-/m1/s1. The minimum atomic E-state index is -0.479. The number of pyridine rings is 1. The number of carbonyl (C=O) groups is 2. The summed E-state index contributed by atoms with van der Waals surface area (Å²) in [7, 11) is 0. The Morgan fingerprint density at radius 3 is 2.33 bits per heavy atom. The first-order valence-corrected chi connectivity index (χ1v) is 18.4. The van der Waals surface area contributed by atoms with Crippen molar-refractivity contribution in [2.24, 2.45) is 0 Å². The Morgan fingerprint density at radius 2 is 1.65 bits per heavy atom. The van der Waals surface area contributed by atoms with Crippen LogP contribution in [0.3, 0.4) is 0 Å². The fraction of sp³-hybridized carbons (Fsp3) is 0.525. The number of piperazine rings is 1. The molecular formula is C40H51N5O6. The zero-order valence-corrected chi connectivity index (χ0v) is 30.5. The van der Waals surface area contributed by atoms with E-state index in [0.717, 1.165) is 62.1 Å². The third-order valence-electron chi connectivity index (χ3n) is 10.7. The maximum Gasteiger partial charge on any atom is 0.410 e. The van der Waals surface area contributed by atoms with Crippen molar-refractivity contribution in [2.45, 2.75) is 103 Å². The Labute approximate surface area is 300 Å². The zero-order chi connectivity index (χ0) is 35.9. The number of benzene rings is 2. The molecular weight excluding hydrogens is 646 g/mol. The molecule has 4 heterocycles. The predicted molar refractivity (Wildman–Crippen MR) is 197 cm³/mol. The lowest BCUT2D eigenvalue weighted by Gasteiger charge is -2.49. The molecule has 1 aliphatic carbocycles. The molecule has 2 aromatic carbocycles. The Kier molecular flexibility index (Phi) is 9.86. The van der Waals surface area contributed by atoms with Crippen LogP contribution in [0.2, 0.25) is 0 Å². The number of rotatable bonds is 8. The number of amides is 2. The van der Waals surface area contributed by atoms with Crippen molar-refractivity contribution >= 4 is 23.4 Å². The summed E-state index contributed by atoms with van der Waals surface area (Å²) in [5.74, 6) is 0.197. The predicted octanol–water partition coefficient (Wildman–Crippen LogP) is 6.13. The number of likely N-dealkylation sites (tertiary alicyclic amines) is 1. The number of hydrogen-bond acceptors (Lipinski definition) is 8. The number of aromatic amines is 1. The van der Waals surface area contributed by atoms with Crippen molar-refractivity contribution in [1.82, 2.24) is 14.8 Å². The van der Waals surface area contributed by atoms with Crippen molar-refractivity contribution in [1.29, 1.82) is 0 Å². The maximum atomic E-state index is 13.6. The van der Waals surface area contributed by atoms with Gasteiger partial charge in [0.1, 0.15) is 17.9 Å². The molecule has 51 heavy (non-hydrogen) atoms. The van der Waals surface area contributed by atoms with E-state index in [1.807, 2.05) is 70.2 Å². The maximum absolute atomic E-state index is 13.6. The first kappa shape index (κ1) is 35.1. The highest BCUT2D eigenvalue weighted by Gasteiger charge is 2.40. The summed E-state index contributed by atoms with van der Waals surface area (Å²) >= 11 is 0. The first-order valence-electron chi connectivity index (χ1n) is 18.4. The van der Waals surface area contributed by atoms with E-state index in [2.05, 4.69) is 27.8 Å². The number of piperidine rings is 1. The SMILES string of the molecule is C[C@@H]1CN([C@H]2C[C@H](OC3CCN(C(=O)OC(C)(C)C)CC3)C2)CCN1c1ccc2c(c1)[C@H](C)N(c1ccc(OCc3ccccc3)[nH]c1=O)C2=O. The lowest BCUT2D eigenvalue weighted by molar-refractivity contribution is -0.104. The van der Waals surface area contributed by atoms with Crippen LogP contribution in [0.25, 0.3) is 0 Å². The van der Waals surface area contributed by atoms with Gasteiger partial charge in [0.15, 0.2) is 5.88 Å². The number of hydrogen-bond donors (Lipinski definition) is 1. The van der Waals surface area contributed by atoms with E-state index in [0.29, 0.717) is 48.9 Å². The Morgan fingerprint density at radius 1 is 0.902 bits per heavy atom. The molecule has 0 unspecified atom stereocenters. The number of fused-ring (bicyclic) bond motifs is 1. The lowest BCUT2D eigenvalue weighted by Crippen LogP contribution is -2.59. The number of H-pyrrole nitrogens is 1. The zero-order valence-electron chi connectivity index (χ0n) is 30.5. The van der Waals surface area contributed by atoms with Gasteiger partial charge in [0, 0.05) is 62.1 Å². The van der Waals surface area contributed by atoms with Crippen LogP contribution in [0.4, 0.5) is 16.2 Å². The smallest absolute Gasteiger partial charge is 0.410 e. The van der Waals surface area contributed by atoms with Crippen molar-refractivity contribution in [3.8, 4) is 5.88 Å². The van der Waals surface area contributed by atoms with E-state index in [4.69, 9.17) is 14.2 Å². The molecule has 3 aromatic rings. The molecule has 3 aliphatic heterocycles. The summed E-state index contributed by atoms with van der Waals surface area (Å²) in [5, 5.41) is 0. The van der Waals surface area contributed by atoms with Gasteiger partial charge in [0.05, 0.1) is 18.2 Å². The van der Waals surface area contributed by atoms with E-state index >= 15 is 0 Å². The van der Waals surface area contributed by atoms with Crippen LogP contribution in [-0.4, -0.2) is 89.4 Å². The number of ether oxygens (including phenoxy) is 3. The van der Waals surface area contributed by atoms with E-state index in [-0.39, 0.29) is 35.8 Å². The van der Waals surface area contributed by atoms with E-state index < -0.39 is 5.60 Å². The Bertz CT molecular complexity index is 1780. The highest BCUT2D eigenvalue weighted by atomic mass is 16.6. The number of carbonyl (C=O) groups excluding carboxylic acids is 2. The van der Waals surface area contributed by atoms with Gasteiger partial charge in [-0.05, 0) is 95.7 Å². The summed E-state index contributed by atoms with van der Waals surface area (Å²) in [5.41, 5.74) is 3.16. The van der Waals surface area contributed by atoms with Gasteiger partial charge < -0.3 is 24.0 Å². The molecule has 2 saturated heterocycles. The summed E-state index contributed by atoms with van der Waals surface area (Å²) in [6, 6.07) is 19.8. The molecule has 4 aliphatic rings. The molecule has 0 spiro atoms. The number of aromatic nitrogens is 1. The average Bonchev–Trinajstić information content (AvgIpc) is 3.33. The molecule has 1 aromatic heterocycles. The highest BCUT2D eigenvalue weighted by Crippen LogP contribution is 2.39. The van der Waals surface area contributed by atoms with Crippen LogP contribution in [-0.2, 0) is 16.1 Å². The van der Waals surface area contributed by atoms with E-state index in [1.165, 1.54) is 0 Å². The normalized spacial score (nSPS) is 24.3. The molecule has 0 bridgehead atoms. The van der Waals surface area contributed by atoms with Crippen LogP contribution in [0.5, 0.6) is 5.88 Å². The van der Waals surface area contributed by atoms with Crippen molar-refractivity contribution in [2.75, 3.05) is 42.5 Å². The van der Waals surface area contributed by atoms with Crippen molar-refractivity contribution < 1.29 is 23.8 Å². The molecule has 0 radical (unpaired) electrons. The molecule has 11 nitrogen and oxygen atoms in total. The minimum absolute atomic E-state index is 0.166. The van der Waals surface area contributed by atoms with Crippen molar-refractivity contribution in [3.05, 3.63) is 87.7 Å². The molecule has 11 heteroatoms. The number of nitrogens with zero attached hydrogens (tertiary/aromatic N) is 4. The quantitative estimate of drug-likeness (QED) is 0.300. The van der Waals surface area contributed by atoms with E-state index in [9.17, 15) is 14.4 Å². The Hall–Kier alpha value is -4.35. The highest BCUT2D eigenvalue weighted by molar-refractivity contribution is 6.11. The fourth-order valence-corrected chi connectivity index (χ4v) is 7.91. The van der Waals surface area contributed by atoms with Gasteiger partial charge in [-0.15, -0.1) is 0 Å². The second-order valence-electron chi connectivity index (χ2n) is 15.5. The largest absolute Gasteiger partial charge is 0.474 e. The van der Waals surface area contributed by atoms with E-state index in [1.54, 1.807) is 21.9 Å². The van der Waals surface area contributed by atoms with Crippen LogP contribution in [0.1, 0.15) is 87.8 Å². The van der Waals surface area contributed by atoms with Gasteiger partial charge in [-0.2, -0.15) is 0 Å². The van der Waals surface area contributed by atoms with Gasteiger partial charge in [-0.3, -0.25) is 24.4 Å². The first-order chi connectivity index (χ1) is 24.4. The topological polar surface area (TPSA) is 108 Å². The summed E-state index contributed by atoms with van der Waals surface area (Å²) in [4.78, 5) is 50.4. The molecule has 3 fully saturated rings. The average molecular weight is 698 g/mol. The lowest BCUT2D eigenvalue weighted by atomic mass is 9.86. The van der Waals surface area contributed by atoms with Crippen molar-refractivity contribution in [3.63, 3.8) is 0 Å². The molecule has 272 valence electrons. The molecule has 1 N–H and O–H groups in total. The van der Waals surface area contributed by atoms with Crippen LogP contribution >= 0.6 is 0 Å². The van der Waals surface area contributed by atoms with Crippen LogP contribution in [0, 0.1) is 0 Å². The van der Waals surface area contributed by atoms with Gasteiger partial charge in [0.2, 0.25) is 0 Å². The monoisotopic (exact) mass is 697 g/mol. The molecule has 7 rings (SSSR count). The third-order valence-corrected chi connectivity index (χ3v) is 10.7. The van der Waals surface area contributed by atoms with Gasteiger partial charge >= 0.3 is 6.09 Å². The molecule has 1 saturated carbocycles. The third kappa shape index (κ3) is 7.65. The summed E-state index contributed by atoms with van der Waals surface area (Å²) in [6.07, 6.45) is 4.06. The molecule has 2 atom stereocenters. The van der Waals surface area contributed by atoms with Gasteiger partial charge in [0.25, 0.3) is 11.5 Å². The van der Waals surface area contributed by atoms with Crippen LogP contribution in [0.15, 0.2) is 65.5 Å². The van der Waals surface area contributed by atoms with Gasteiger partial charge in [-0.1, -0.05) is 30.3 Å². The van der Waals surface area contributed by atoms with Crippen LogP contribution < -0.4 is 20.1 Å². The Balaban J connectivity index is 0.902. The van der Waals surface area contributed by atoms with Gasteiger partial charge in [-0.25, -0.2) is 4.79 Å². The minimum Gasteiger partial charge on any atom is -0.474 e.